The minimum absolute atomic E-state index is 0.0669. The number of aliphatic hydroxyl groups is 1. The van der Waals surface area contributed by atoms with Gasteiger partial charge in [0.05, 0.1) is 6.61 Å². The maximum Gasteiger partial charge on any atom is 0.306 e. The van der Waals surface area contributed by atoms with Crippen molar-refractivity contribution in [1.82, 2.24) is 0 Å². The molecule has 1 unspecified atom stereocenters. The molecular formula is C50H90O5. The molecule has 0 aromatic heterocycles. The Hall–Kier alpha value is -2.14. The van der Waals surface area contributed by atoms with E-state index in [2.05, 4.69) is 62.5 Å². The van der Waals surface area contributed by atoms with E-state index in [0.717, 1.165) is 70.6 Å². The number of carbonyl (C=O) groups is 2. The van der Waals surface area contributed by atoms with Crippen molar-refractivity contribution in [2.45, 2.75) is 245 Å². The predicted molar refractivity (Wildman–Crippen MR) is 237 cm³/mol. The Morgan fingerprint density at radius 2 is 0.782 bits per heavy atom. The van der Waals surface area contributed by atoms with Crippen LogP contribution in [-0.2, 0) is 19.1 Å². The second-order valence-electron chi connectivity index (χ2n) is 15.8. The van der Waals surface area contributed by atoms with Gasteiger partial charge in [-0.15, -0.1) is 0 Å². The summed E-state index contributed by atoms with van der Waals surface area (Å²) in [5, 5.41) is 9.61. The summed E-state index contributed by atoms with van der Waals surface area (Å²) in [6, 6.07) is 0. The largest absolute Gasteiger partial charge is 0.462 e. The molecule has 0 fully saturated rings. The van der Waals surface area contributed by atoms with Gasteiger partial charge in [-0.25, -0.2) is 0 Å². The van der Waals surface area contributed by atoms with Gasteiger partial charge in [-0.2, -0.15) is 0 Å². The molecule has 0 amide bonds. The molecule has 5 nitrogen and oxygen atoms in total. The minimum Gasteiger partial charge on any atom is -0.462 e. The van der Waals surface area contributed by atoms with E-state index in [1.54, 1.807) is 0 Å². The summed E-state index contributed by atoms with van der Waals surface area (Å²) in [6.07, 6.45) is 59.0. The Labute approximate surface area is 341 Å². The molecule has 0 aliphatic carbocycles. The van der Waals surface area contributed by atoms with Gasteiger partial charge in [0.2, 0.25) is 0 Å². The van der Waals surface area contributed by atoms with E-state index >= 15 is 0 Å². The zero-order valence-corrected chi connectivity index (χ0v) is 36.4. The number of allylic oxidation sites excluding steroid dienone is 8. The summed E-state index contributed by atoms with van der Waals surface area (Å²) < 4.78 is 10.7. The van der Waals surface area contributed by atoms with Crippen molar-refractivity contribution in [2.24, 2.45) is 0 Å². The highest BCUT2D eigenvalue weighted by atomic mass is 16.6. The molecule has 5 heteroatoms. The number of hydrogen-bond acceptors (Lipinski definition) is 5. The first-order chi connectivity index (χ1) is 27.1. The van der Waals surface area contributed by atoms with E-state index < -0.39 is 6.10 Å². The van der Waals surface area contributed by atoms with Gasteiger partial charge in [0, 0.05) is 12.8 Å². The van der Waals surface area contributed by atoms with Crippen LogP contribution in [0.2, 0.25) is 0 Å². The van der Waals surface area contributed by atoms with Crippen LogP contribution in [0, 0.1) is 0 Å². The zero-order chi connectivity index (χ0) is 40.0. The summed E-state index contributed by atoms with van der Waals surface area (Å²) in [6.45, 7) is 4.05. The number of carbonyl (C=O) groups excluding carboxylic acids is 2. The van der Waals surface area contributed by atoms with Crippen LogP contribution >= 0.6 is 0 Å². The van der Waals surface area contributed by atoms with Crippen LogP contribution in [0.1, 0.15) is 239 Å². The topological polar surface area (TPSA) is 72.8 Å². The van der Waals surface area contributed by atoms with Crippen molar-refractivity contribution in [3.63, 3.8) is 0 Å². The second-order valence-corrected chi connectivity index (χ2v) is 15.8. The van der Waals surface area contributed by atoms with Crippen molar-refractivity contribution in [3.05, 3.63) is 48.6 Å². The van der Waals surface area contributed by atoms with E-state index in [9.17, 15) is 14.7 Å². The maximum atomic E-state index is 12.2. The molecule has 320 valence electrons. The van der Waals surface area contributed by atoms with Crippen LogP contribution in [0.4, 0.5) is 0 Å². The molecule has 55 heavy (non-hydrogen) atoms. The lowest BCUT2D eigenvalue weighted by molar-refractivity contribution is -0.161. The van der Waals surface area contributed by atoms with Gasteiger partial charge in [0.1, 0.15) is 6.61 Å². The molecule has 0 saturated heterocycles. The van der Waals surface area contributed by atoms with E-state index in [4.69, 9.17) is 9.47 Å². The van der Waals surface area contributed by atoms with Crippen molar-refractivity contribution >= 4 is 11.9 Å². The zero-order valence-electron chi connectivity index (χ0n) is 36.4. The van der Waals surface area contributed by atoms with Crippen LogP contribution in [0.3, 0.4) is 0 Å². The third-order valence-electron chi connectivity index (χ3n) is 10.4. The lowest BCUT2D eigenvalue weighted by Gasteiger charge is -2.15. The molecule has 0 spiro atoms. The van der Waals surface area contributed by atoms with Crippen LogP contribution < -0.4 is 0 Å². The standard InChI is InChI=1S/C50H90O5/c1-3-5-7-9-11-13-15-17-19-21-23-25-27-29-31-33-35-37-39-41-43-45-50(53)55-48(46-51)47-54-49(52)44-42-40-38-36-34-32-30-28-26-24-22-20-18-16-14-12-10-8-6-4-2/h5,7,11,13,17,19,23,25,48,51H,3-4,6,8-10,12,14-16,18,20-22,24,26-47H2,1-2H3/b7-5-,13-11-,19-17-,25-23-. The molecule has 1 atom stereocenters. The number of rotatable bonds is 43. The summed E-state index contributed by atoms with van der Waals surface area (Å²) in [5.41, 5.74) is 0. The summed E-state index contributed by atoms with van der Waals surface area (Å²) in [7, 11) is 0. The normalized spacial score (nSPS) is 12.6. The van der Waals surface area contributed by atoms with Gasteiger partial charge < -0.3 is 14.6 Å². The number of hydrogen-bond donors (Lipinski definition) is 1. The highest BCUT2D eigenvalue weighted by Gasteiger charge is 2.16. The lowest BCUT2D eigenvalue weighted by atomic mass is 10.0. The Kier molecular flexibility index (Phi) is 44.4. The van der Waals surface area contributed by atoms with Crippen LogP contribution in [0.15, 0.2) is 48.6 Å². The van der Waals surface area contributed by atoms with Gasteiger partial charge in [0.25, 0.3) is 0 Å². The van der Waals surface area contributed by atoms with E-state index in [1.165, 1.54) is 141 Å². The highest BCUT2D eigenvalue weighted by molar-refractivity contribution is 5.70. The molecule has 0 aliphatic rings. The maximum absolute atomic E-state index is 12.2. The van der Waals surface area contributed by atoms with Crippen molar-refractivity contribution in [2.75, 3.05) is 13.2 Å². The van der Waals surface area contributed by atoms with Crippen molar-refractivity contribution in [3.8, 4) is 0 Å². The third kappa shape index (κ3) is 44.4. The number of esters is 2. The molecule has 0 aromatic carbocycles. The summed E-state index contributed by atoms with van der Waals surface area (Å²) >= 11 is 0. The fraction of sp³-hybridized carbons (Fsp3) is 0.800. The first-order valence-electron chi connectivity index (χ1n) is 23.7. The minimum atomic E-state index is -0.775. The SMILES string of the molecule is CC/C=C\C/C=C\C/C=C\C/C=C\CCCCCCCCCCC(=O)OC(CO)COC(=O)CCCCCCCCCCCCCCCCCCCCCC. The number of ether oxygens (including phenoxy) is 2. The number of unbranched alkanes of at least 4 members (excludes halogenated alkanes) is 27. The molecule has 0 radical (unpaired) electrons. The molecule has 0 rings (SSSR count). The highest BCUT2D eigenvalue weighted by Crippen LogP contribution is 2.16. The summed E-state index contributed by atoms with van der Waals surface area (Å²) in [5.74, 6) is -0.591. The smallest absolute Gasteiger partial charge is 0.306 e. The molecule has 0 heterocycles. The Balaban J connectivity index is 3.51. The van der Waals surface area contributed by atoms with E-state index in [1.807, 2.05) is 0 Å². The Bertz CT molecular complexity index is 919. The quantitative estimate of drug-likeness (QED) is 0.0380. The lowest BCUT2D eigenvalue weighted by Crippen LogP contribution is -2.28. The van der Waals surface area contributed by atoms with Crippen LogP contribution in [-0.4, -0.2) is 36.4 Å². The fourth-order valence-corrected chi connectivity index (χ4v) is 6.84. The van der Waals surface area contributed by atoms with Gasteiger partial charge >= 0.3 is 11.9 Å². The van der Waals surface area contributed by atoms with Crippen LogP contribution in [0.5, 0.6) is 0 Å². The molecular weight excluding hydrogens is 681 g/mol. The Morgan fingerprint density at radius 1 is 0.436 bits per heavy atom. The monoisotopic (exact) mass is 771 g/mol. The Morgan fingerprint density at radius 3 is 1.18 bits per heavy atom. The average molecular weight is 771 g/mol. The first kappa shape index (κ1) is 52.9. The fourth-order valence-electron chi connectivity index (χ4n) is 6.84. The van der Waals surface area contributed by atoms with E-state index in [-0.39, 0.29) is 25.2 Å². The van der Waals surface area contributed by atoms with Crippen molar-refractivity contribution in [1.29, 1.82) is 0 Å². The molecule has 0 saturated carbocycles. The van der Waals surface area contributed by atoms with Gasteiger partial charge in [0.15, 0.2) is 6.10 Å². The molecule has 0 aliphatic heterocycles. The van der Waals surface area contributed by atoms with Crippen molar-refractivity contribution < 1.29 is 24.2 Å². The average Bonchev–Trinajstić information content (AvgIpc) is 3.19. The first-order valence-corrected chi connectivity index (χ1v) is 23.7. The van der Waals surface area contributed by atoms with Gasteiger partial charge in [-0.1, -0.05) is 223 Å². The summed E-state index contributed by atoms with van der Waals surface area (Å²) in [4.78, 5) is 24.4. The van der Waals surface area contributed by atoms with Crippen LogP contribution in [0.25, 0.3) is 0 Å². The van der Waals surface area contributed by atoms with E-state index in [0.29, 0.717) is 12.8 Å². The second kappa shape index (κ2) is 46.2. The molecule has 0 bridgehead atoms. The predicted octanol–water partition coefficient (Wildman–Crippen LogP) is 15.4. The van der Waals surface area contributed by atoms with Gasteiger partial charge in [-0.05, 0) is 51.4 Å². The molecule has 1 N–H and O–H groups in total. The molecule has 0 aromatic rings. The van der Waals surface area contributed by atoms with Gasteiger partial charge in [-0.3, -0.25) is 9.59 Å². The third-order valence-corrected chi connectivity index (χ3v) is 10.4. The number of aliphatic hydroxyl groups excluding tert-OH is 1.